The molecule has 2 aliphatic rings. The van der Waals surface area contributed by atoms with Gasteiger partial charge in [0.25, 0.3) is 0 Å². The Morgan fingerprint density at radius 2 is 1.77 bits per heavy atom. The molecule has 2 aromatic carbocycles. The molecule has 0 bridgehead atoms. The molecule has 4 nitrogen and oxygen atoms in total. The van der Waals surface area contributed by atoms with Crippen LogP contribution in [0.4, 0.5) is 5.69 Å². The summed E-state index contributed by atoms with van der Waals surface area (Å²) in [6, 6.07) is 17.1. The van der Waals surface area contributed by atoms with E-state index < -0.39 is 0 Å². The highest BCUT2D eigenvalue weighted by Crippen LogP contribution is 2.28. The van der Waals surface area contributed by atoms with Crippen molar-refractivity contribution >= 4 is 5.69 Å². The number of piperazine rings is 1. The molecular weight excluding hydrogens is 324 g/mol. The molecule has 0 aliphatic carbocycles. The van der Waals surface area contributed by atoms with Crippen LogP contribution >= 0.6 is 0 Å². The second-order valence-electron chi connectivity index (χ2n) is 7.29. The van der Waals surface area contributed by atoms with E-state index in [1.807, 2.05) is 12.1 Å². The topological polar surface area (TPSA) is 24.9 Å². The highest BCUT2D eigenvalue weighted by atomic mass is 16.5. The normalized spacial score (nSPS) is 20.0. The summed E-state index contributed by atoms with van der Waals surface area (Å²) in [4.78, 5) is 4.97. The number of hydrogen-bond donors (Lipinski definition) is 0. The zero-order valence-corrected chi connectivity index (χ0v) is 15.6. The molecule has 2 heterocycles. The van der Waals surface area contributed by atoms with Crippen molar-refractivity contribution in [3.63, 3.8) is 0 Å². The number of rotatable bonds is 6. The van der Waals surface area contributed by atoms with Gasteiger partial charge in [0.05, 0.1) is 13.2 Å². The Balaban J connectivity index is 1.13. The number of fused-ring (bicyclic) bond motifs is 1. The molecule has 2 aliphatic heterocycles. The van der Waals surface area contributed by atoms with Gasteiger partial charge in [0.2, 0.25) is 0 Å². The SMILES string of the molecule is Cc1ccc(N2CCN(CCOCC3Cc4ccccc4O3)CC2)cc1. The van der Waals surface area contributed by atoms with E-state index in [2.05, 4.69) is 53.1 Å². The Hall–Kier alpha value is -2.04. The lowest BCUT2D eigenvalue weighted by Crippen LogP contribution is -2.47. The van der Waals surface area contributed by atoms with Crippen molar-refractivity contribution in [1.82, 2.24) is 4.90 Å². The summed E-state index contributed by atoms with van der Waals surface area (Å²) in [5.41, 5.74) is 3.96. The fraction of sp³-hybridized carbons (Fsp3) is 0.455. The number of benzene rings is 2. The average Bonchev–Trinajstić information content (AvgIpc) is 3.09. The summed E-state index contributed by atoms with van der Waals surface area (Å²) in [5, 5.41) is 0. The molecule has 0 radical (unpaired) electrons. The molecule has 1 fully saturated rings. The van der Waals surface area contributed by atoms with Gasteiger partial charge in [0.1, 0.15) is 11.9 Å². The molecule has 1 saturated heterocycles. The van der Waals surface area contributed by atoms with Crippen LogP contribution in [0, 0.1) is 6.92 Å². The van der Waals surface area contributed by atoms with Gasteiger partial charge < -0.3 is 14.4 Å². The molecule has 0 aromatic heterocycles. The van der Waals surface area contributed by atoms with Gasteiger partial charge in [-0.25, -0.2) is 0 Å². The van der Waals surface area contributed by atoms with E-state index >= 15 is 0 Å². The van der Waals surface area contributed by atoms with Crippen LogP contribution in [0.25, 0.3) is 0 Å². The number of ether oxygens (including phenoxy) is 2. The van der Waals surface area contributed by atoms with Crippen LogP contribution in [0.5, 0.6) is 5.75 Å². The van der Waals surface area contributed by atoms with Crippen LogP contribution in [0.1, 0.15) is 11.1 Å². The summed E-state index contributed by atoms with van der Waals surface area (Å²) in [6.07, 6.45) is 1.14. The first kappa shape index (κ1) is 17.4. The lowest BCUT2D eigenvalue weighted by atomic mass is 10.1. The van der Waals surface area contributed by atoms with Gasteiger partial charge in [-0.2, -0.15) is 0 Å². The van der Waals surface area contributed by atoms with Crippen LogP contribution in [0.2, 0.25) is 0 Å². The molecule has 0 N–H and O–H groups in total. The Bertz CT molecular complexity index is 683. The van der Waals surface area contributed by atoms with E-state index in [1.165, 1.54) is 16.8 Å². The Morgan fingerprint density at radius 1 is 1.00 bits per heavy atom. The molecule has 0 spiro atoms. The van der Waals surface area contributed by atoms with Crippen LogP contribution in [-0.4, -0.2) is 56.9 Å². The molecule has 1 unspecified atom stereocenters. The fourth-order valence-corrected chi connectivity index (χ4v) is 3.74. The van der Waals surface area contributed by atoms with E-state index in [0.29, 0.717) is 6.61 Å². The van der Waals surface area contributed by atoms with E-state index in [4.69, 9.17) is 9.47 Å². The minimum atomic E-state index is 0.172. The average molecular weight is 352 g/mol. The number of nitrogens with zero attached hydrogens (tertiary/aromatic N) is 2. The van der Waals surface area contributed by atoms with Gasteiger partial charge in [-0.3, -0.25) is 4.90 Å². The first-order valence-electron chi connectivity index (χ1n) is 9.64. The minimum absolute atomic E-state index is 0.172. The number of anilines is 1. The van der Waals surface area contributed by atoms with Gasteiger partial charge in [-0.1, -0.05) is 35.9 Å². The molecule has 2 aromatic rings. The largest absolute Gasteiger partial charge is 0.487 e. The predicted octanol–water partition coefficient (Wildman–Crippen LogP) is 3.14. The summed E-state index contributed by atoms with van der Waals surface area (Å²) in [7, 11) is 0. The molecule has 138 valence electrons. The van der Waals surface area contributed by atoms with Crippen LogP contribution in [0.15, 0.2) is 48.5 Å². The maximum absolute atomic E-state index is 5.93. The van der Waals surface area contributed by atoms with Crippen LogP contribution in [0.3, 0.4) is 0 Å². The van der Waals surface area contributed by atoms with Crippen molar-refractivity contribution < 1.29 is 9.47 Å². The van der Waals surface area contributed by atoms with E-state index in [-0.39, 0.29) is 6.10 Å². The molecular formula is C22H28N2O2. The fourth-order valence-electron chi connectivity index (χ4n) is 3.74. The third kappa shape index (κ3) is 4.19. The first-order chi connectivity index (χ1) is 12.8. The monoisotopic (exact) mass is 352 g/mol. The third-order valence-electron chi connectivity index (χ3n) is 5.34. The Labute approximate surface area is 156 Å². The molecule has 0 saturated carbocycles. The second-order valence-corrected chi connectivity index (χ2v) is 7.29. The zero-order chi connectivity index (χ0) is 17.8. The lowest BCUT2D eigenvalue weighted by molar-refractivity contribution is 0.0467. The van der Waals surface area contributed by atoms with Crippen molar-refractivity contribution in [2.75, 3.05) is 50.8 Å². The second kappa shape index (κ2) is 8.11. The van der Waals surface area contributed by atoms with E-state index in [9.17, 15) is 0 Å². The minimum Gasteiger partial charge on any atom is -0.487 e. The molecule has 4 heteroatoms. The van der Waals surface area contributed by atoms with Crippen molar-refractivity contribution in [2.45, 2.75) is 19.4 Å². The predicted molar refractivity (Wildman–Crippen MR) is 105 cm³/mol. The van der Waals surface area contributed by atoms with Gasteiger partial charge in [0, 0.05) is 44.8 Å². The smallest absolute Gasteiger partial charge is 0.126 e. The first-order valence-corrected chi connectivity index (χ1v) is 9.64. The maximum Gasteiger partial charge on any atom is 0.126 e. The number of hydrogen-bond acceptors (Lipinski definition) is 4. The Kier molecular flexibility index (Phi) is 5.42. The maximum atomic E-state index is 5.93. The van der Waals surface area contributed by atoms with Gasteiger partial charge >= 0.3 is 0 Å². The van der Waals surface area contributed by atoms with Gasteiger partial charge in [-0.15, -0.1) is 0 Å². The van der Waals surface area contributed by atoms with Crippen molar-refractivity contribution in [2.24, 2.45) is 0 Å². The number of aryl methyl sites for hydroxylation is 1. The summed E-state index contributed by atoms with van der Waals surface area (Å²) in [6.45, 7) is 8.97. The highest BCUT2D eigenvalue weighted by Gasteiger charge is 2.22. The number of para-hydroxylation sites is 1. The summed E-state index contributed by atoms with van der Waals surface area (Å²) < 4.78 is 11.8. The molecule has 0 amide bonds. The van der Waals surface area contributed by atoms with Crippen molar-refractivity contribution in [3.8, 4) is 5.75 Å². The van der Waals surface area contributed by atoms with Crippen molar-refractivity contribution in [3.05, 3.63) is 59.7 Å². The molecule has 1 atom stereocenters. The van der Waals surface area contributed by atoms with Gasteiger partial charge in [-0.05, 0) is 30.7 Å². The summed E-state index contributed by atoms with van der Waals surface area (Å²) in [5.74, 6) is 1.02. The highest BCUT2D eigenvalue weighted by molar-refractivity contribution is 5.47. The van der Waals surface area contributed by atoms with E-state index in [0.717, 1.165) is 51.5 Å². The standard InChI is InChI=1S/C22H28N2O2/c1-18-6-8-20(9-7-18)24-12-10-23(11-13-24)14-15-25-17-21-16-19-4-2-3-5-22(19)26-21/h2-9,21H,10-17H2,1H3. The zero-order valence-electron chi connectivity index (χ0n) is 15.6. The summed E-state index contributed by atoms with van der Waals surface area (Å²) >= 11 is 0. The third-order valence-corrected chi connectivity index (χ3v) is 5.34. The quantitative estimate of drug-likeness (QED) is 0.746. The van der Waals surface area contributed by atoms with E-state index in [1.54, 1.807) is 0 Å². The van der Waals surface area contributed by atoms with Crippen molar-refractivity contribution in [1.29, 1.82) is 0 Å². The lowest BCUT2D eigenvalue weighted by Gasteiger charge is -2.36. The molecule has 26 heavy (non-hydrogen) atoms. The Morgan fingerprint density at radius 3 is 2.54 bits per heavy atom. The molecule has 4 rings (SSSR count). The van der Waals surface area contributed by atoms with Gasteiger partial charge in [0.15, 0.2) is 0 Å². The van der Waals surface area contributed by atoms with Crippen LogP contribution in [-0.2, 0) is 11.2 Å². The van der Waals surface area contributed by atoms with Crippen LogP contribution < -0.4 is 9.64 Å².